The van der Waals surface area contributed by atoms with Crippen molar-refractivity contribution in [2.24, 2.45) is 0 Å². The van der Waals surface area contributed by atoms with Crippen LogP contribution in [-0.2, 0) is 4.74 Å². The second-order valence-electron chi connectivity index (χ2n) is 2.54. The molecule has 1 unspecified atom stereocenters. The second-order valence-corrected chi connectivity index (χ2v) is 2.54. The molecule has 0 aromatic carbocycles. The molecule has 0 saturated carbocycles. The fourth-order valence-electron chi connectivity index (χ4n) is 1.19. The molecule has 0 radical (unpaired) electrons. The Bertz CT molecular complexity index is 212. The van der Waals surface area contributed by atoms with Crippen molar-refractivity contribution in [2.75, 3.05) is 19.7 Å². The molecule has 1 aromatic heterocycles. The van der Waals surface area contributed by atoms with Crippen LogP contribution in [0.15, 0.2) is 12.4 Å². The lowest BCUT2D eigenvalue weighted by molar-refractivity contribution is 0.0226. The van der Waals surface area contributed by atoms with E-state index in [-0.39, 0.29) is 30.9 Å². The van der Waals surface area contributed by atoms with Gasteiger partial charge < -0.3 is 15.0 Å². The lowest BCUT2D eigenvalue weighted by atomic mass is 10.3. The first-order valence-electron chi connectivity index (χ1n) is 3.78. The Morgan fingerprint density at radius 1 is 1.46 bits per heavy atom. The van der Waals surface area contributed by atoms with Gasteiger partial charge in [0.25, 0.3) is 0 Å². The van der Waals surface area contributed by atoms with Gasteiger partial charge in [-0.1, -0.05) is 0 Å². The molecule has 13 heavy (non-hydrogen) atoms. The van der Waals surface area contributed by atoms with E-state index in [2.05, 4.69) is 15.3 Å². The third-order valence-electron chi connectivity index (χ3n) is 1.75. The first-order chi connectivity index (χ1) is 5.47. The Balaban J connectivity index is 0.000000720. The number of hydrogen-bond donors (Lipinski definition) is 2. The van der Waals surface area contributed by atoms with Crippen molar-refractivity contribution in [1.29, 1.82) is 0 Å². The minimum absolute atomic E-state index is 0. The van der Waals surface area contributed by atoms with Crippen LogP contribution in [-0.4, -0.2) is 29.7 Å². The van der Waals surface area contributed by atoms with E-state index in [1.807, 2.05) is 6.20 Å². The zero-order valence-corrected chi connectivity index (χ0v) is 8.66. The summed E-state index contributed by atoms with van der Waals surface area (Å²) < 4.78 is 5.47. The van der Waals surface area contributed by atoms with E-state index in [9.17, 15) is 0 Å². The first-order valence-corrected chi connectivity index (χ1v) is 3.78. The number of ether oxygens (including phenoxy) is 1. The largest absolute Gasteiger partial charge is 0.368 e. The number of H-pyrrole nitrogens is 1. The SMILES string of the molecule is Cl.Cl.c1c[nH]c(C2CNCCO2)n1. The summed E-state index contributed by atoms with van der Waals surface area (Å²) in [5.41, 5.74) is 0. The summed E-state index contributed by atoms with van der Waals surface area (Å²) in [7, 11) is 0. The zero-order valence-electron chi connectivity index (χ0n) is 7.03. The molecular formula is C7H13Cl2N3O. The summed E-state index contributed by atoms with van der Waals surface area (Å²) in [6, 6.07) is 0. The van der Waals surface area contributed by atoms with Crippen molar-refractivity contribution in [2.45, 2.75) is 6.10 Å². The number of rotatable bonds is 1. The zero-order chi connectivity index (χ0) is 7.52. The van der Waals surface area contributed by atoms with Crippen molar-refractivity contribution in [1.82, 2.24) is 15.3 Å². The van der Waals surface area contributed by atoms with E-state index < -0.39 is 0 Å². The predicted octanol–water partition coefficient (Wildman–Crippen LogP) is 0.914. The van der Waals surface area contributed by atoms with Gasteiger partial charge in [-0.2, -0.15) is 0 Å². The van der Waals surface area contributed by atoms with Gasteiger partial charge in [0.1, 0.15) is 11.9 Å². The normalized spacial score (nSPS) is 21.4. The van der Waals surface area contributed by atoms with Crippen LogP contribution in [0, 0.1) is 0 Å². The lowest BCUT2D eigenvalue weighted by Gasteiger charge is -2.21. The van der Waals surface area contributed by atoms with Gasteiger partial charge in [-0.05, 0) is 0 Å². The highest BCUT2D eigenvalue weighted by molar-refractivity contribution is 5.85. The van der Waals surface area contributed by atoms with Gasteiger partial charge >= 0.3 is 0 Å². The van der Waals surface area contributed by atoms with Gasteiger partial charge in [0.15, 0.2) is 0 Å². The molecule has 1 atom stereocenters. The standard InChI is InChI=1S/C7H11N3O.2ClH/c1-2-10-7(9-1)6-5-8-3-4-11-6;;/h1-2,6,8H,3-5H2,(H,9,10);2*1H. The number of nitrogens with zero attached hydrogens (tertiary/aromatic N) is 1. The summed E-state index contributed by atoms with van der Waals surface area (Å²) in [6.45, 7) is 2.57. The average Bonchev–Trinajstić information content (AvgIpc) is 2.58. The van der Waals surface area contributed by atoms with E-state index in [0.29, 0.717) is 0 Å². The number of morpholine rings is 1. The minimum atomic E-state index is 0. The molecule has 76 valence electrons. The molecule has 2 rings (SSSR count). The van der Waals surface area contributed by atoms with Crippen molar-refractivity contribution < 1.29 is 4.74 Å². The van der Waals surface area contributed by atoms with Gasteiger partial charge in [0.05, 0.1) is 6.61 Å². The first kappa shape index (κ1) is 12.7. The topological polar surface area (TPSA) is 49.9 Å². The highest BCUT2D eigenvalue weighted by atomic mass is 35.5. The van der Waals surface area contributed by atoms with Gasteiger partial charge in [-0.25, -0.2) is 4.98 Å². The highest BCUT2D eigenvalue weighted by Crippen LogP contribution is 2.12. The van der Waals surface area contributed by atoms with Gasteiger partial charge in [-0.15, -0.1) is 24.8 Å². The summed E-state index contributed by atoms with van der Waals surface area (Å²) >= 11 is 0. The molecule has 0 aliphatic carbocycles. The van der Waals surface area contributed by atoms with Crippen molar-refractivity contribution >= 4 is 24.8 Å². The number of imidazole rings is 1. The Hall–Kier alpha value is -0.290. The van der Waals surface area contributed by atoms with Crippen LogP contribution in [0.4, 0.5) is 0 Å². The minimum Gasteiger partial charge on any atom is -0.368 e. The number of aromatic amines is 1. The Morgan fingerprint density at radius 2 is 2.31 bits per heavy atom. The molecule has 4 nitrogen and oxygen atoms in total. The Labute approximate surface area is 89.3 Å². The van der Waals surface area contributed by atoms with Crippen LogP contribution in [0.25, 0.3) is 0 Å². The van der Waals surface area contributed by atoms with E-state index >= 15 is 0 Å². The number of nitrogens with one attached hydrogen (secondary N) is 2. The van der Waals surface area contributed by atoms with Gasteiger partial charge in [0, 0.05) is 25.5 Å². The molecule has 1 aromatic rings. The second kappa shape index (κ2) is 6.21. The van der Waals surface area contributed by atoms with Crippen molar-refractivity contribution in [3.63, 3.8) is 0 Å². The fraction of sp³-hybridized carbons (Fsp3) is 0.571. The maximum absolute atomic E-state index is 5.47. The number of hydrogen-bond acceptors (Lipinski definition) is 3. The Morgan fingerprint density at radius 3 is 2.85 bits per heavy atom. The average molecular weight is 226 g/mol. The van der Waals surface area contributed by atoms with Gasteiger partial charge in [0.2, 0.25) is 0 Å². The molecule has 1 fully saturated rings. The van der Waals surface area contributed by atoms with Crippen LogP contribution >= 0.6 is 24.8 Å². The lowest BCUT2D eigenvalue weighted by Crippen LogP contribution is -2.33. The fourth-order valence-corrected chi connectivity index (χ4v) is 1.19. The summed E-state index contributed by atoms with van der Waals surface area (Å²) in [5, 5.41) is 3.24. The monoisotopic (exact) mass is 225 g/mol. The summed E-state index contributed by atoms with van der Waals surface area (Å²) in [4.78, 5) is 7.15. The maximum Gasteiger partial charge on any atom is 0.136 e. The van der Waals surface area contributed by atoms with E-state index in [1.54, 1.807) is 6.20 Å². The van der Waals surface area contributed by atoms with Gasteiger partial charge in [-0.3, -0.25) is 0 Å². The van der Waals surface area contributed by atoms with E-state index in [0.717, 1.165) is 25.5 Å². The third-order valence-corrected chi connectivity index (χ3v) is 1.75. The smallest absolute Gasteiger partial charge is 0.136 e. The molecule has 2 heterocycles. The number of aromatic nitrogens is 2. The number of halogens is 2. The molecule has 0 spiro atoms. The molecule has 6 heteroatoms. The molecule has 0 bridgehead atoms. The van der Waals surface area contributed by atoms with Crippen LogP contribution in [0.2, 0.25) is 0 Å². The molecule has 1 aliphatic heterocycles. The summed E-state index contributed by atoms with van der Waals surface area (Å²) in [6.07, 6.45) is 3.67. The predicted molar refractivity (Wildman–Crippen MR) is 54.6 cm³/mol. The summed E-state index contributed by atoms with van der Waals surface area (Å²) in [5.74, 6) is 0.914. The molecule has 2 N–H and O–H groups in total. The molecular weight excluding hydrogens is 213 g/mol. The van der Waals surface area contributed by atoms with E-state index in [1.165, 1.54) is 0 Å². The quantitative estimate of drug-likeness (QED) is 0.748. The third kappa shape index (κ3) is 3.15. The molecule has 1 saturated heterocycles. The molecule has 0 amide bonds. The van der Waals surface area contributed by atoms with Crippen LogP contribution in [0.1, 0.15) is 11.9 Å². The van der Waals surface area contributed by atoms with Crippen LogP contribution < -0.4 is 5.32 Å². The van der Waals surface area contributed by atoms with Crippen molar-refractivity contribution in [3.05, 3.63) is 18.2 Å². The maximum atomic E-state index is 5.47. The van der Waals surface area contributed by atoms with Crippen molar-refractivity contribution in [3.8, 4) is 0 Å². The molecule has 1 aliphatic rings. The highest BCUT2D eigenvalue weighted by Gasteiger charge is 2.16. The van der Waals surface area contributed by atoms with Crippen LogP contribution in [0.5, 0.6) is 0 Å². The van der Waals surface area contributed by atoms with E-state index in [4.69, 9.17) is 4.74 Å². The van der Waals surface area contributed by atoms with Crippen LogP contribution in [0.3, 0.4) is 0 Å². The Kier molecular flexibility index (Phi) is 6.07.